The van der Waals surface area contributed by atoms with Crippen molar-refractivity contribution >= 4 is 21.9 Å². The molecular formula is C18H24N4O7S. The molecule has 0 spiro atoms. The molecule has 1 atom stereocenters. The molecule has 0 bridgehead atoms. The Bertz CT molecular complexity index is 1000. The number of hydrogen-bond donors (Lipinski definition) is 2. The predicted octanol–water partition coefficient (Wildman–Crippen LogP) is -0.0363. The molecule has 1 heterocycles. The molecule has 2 aromatic rings. The molecule has 164 valence electrons. The van der Waals surface area contributed by atoms with Gasteiger partial charge in [0.25, 0.3) is 5.91 Å². The summed E-state index contributed by atoms with van der Waals surface area (Å²) in [5.74, 6) is -0.349. The summed E-state index contributed by atoms with van der Waals surface area (Å²) in [6.07, 6.45) is 1.33. The molecule has 1 aromatic carbocycles. The first-order valence-corrected chi connectivity index (χ1v) is 10.3. The molecule has 2 N–H and O–H groups in total. The Balaban J connectivity index is 1.83. The number of aromatic nitrogens is 2. The summed E-state index contributed by atoms with van der Waals surface area (Å²) in [5.41, 5.74) is 0.753. The second-order valence-corrected chi connectivity index (χ2v) is 7.98. The molecular weight excluding hydrogens is 416 g/mol. The molecule has 2 rings (SSSR count). The summed E-state index contributed by atoms with van der Waals surface area (Å²) < 4.78 is 42.9. The van der Waals surface area contributed by atoms with E-state index in [0.717, 1.165) is 11.8 Å². The number of hydrogen-bond acceptors (Lipinski definition) is 8. The largest absolute Gasteiger partial charge is 0.493 e. The lowest BCUT2D eigenvalue weighted by atomic mass is 10.2. The fraction of sp³-hybridized carbons (Fsp3) is 0.389. The number of aryl methyl sites for hydroxylation is 1. The first-order valence-electron chi connectivity index (χ1n) is 8.82. The fourth-order valence-electron chi connectivity index (χ4n) is 2.39. The number of carbonyl (C=O) groups excluding carboxylic acids is 2. The SMILES string of the molecule is COc1ccc(CNC(=O)C(C)OC(=O)CNS(=O)(=O)c2cnn(C)c2)cc1OC. The van der Waals surface area contributed by atoms with Gasteiger partial charge >= 0.3 is 5.97 Å². The van der Waals surface area contributed by atoms with Crippen LogP contribution >= 0.6 is 0 Å². The van der Waals surface area contributed by atoms with Gasteiger partial charge in [-0.1, -0.05) is 6.07 Å². The first kappa shape index (κ1) is 23.2. The van der Waals surface area contributed by atoms with Crippen LogP contribution in [0, 0.1) is 0 Å². The van der Waals surface area contributed by atoms with Crippen molar-refractivity contribution in [1.82, 2.24) is 19.8 Å². The summed E-state index contributed by atoms with van der Waals surface area (Å²) in [5, 5.41) is 6.39. The highest BCUT2D eigenvalue weighted by Crippen LogP contribution is 2.27. The summed E-state index contributed by atoms with van der Waals surface area (Å²) in [6, 6.07) is 5.17. The van der Waals surface area contributed by atoms with Crippen molar-refractivity contribution < 1.29 is 32.2 Å². The highest BCUT2D eigenvalue weighted by molar-refractivity contribution is 7.89. The zero-order valence-electron chi connectivity index (χ0n) is 17.0. The Morgan fingerprint density at radius 1 is 1.20 bits per heavy atom. The van der Waals surface area contributed by atoms with Crippen LogP contribution in [0.2, 0.25) is 0 Å². The van der Waals surface area contributed by atoms with Crippen molar-refractivity contribution in [2.45, 2.75) is 24.5 Å². The lowest BCUT2D eigenvalue weighted by Crippen LogP contribution is -2.38. The smallest absolute Gasteiger partial charge is 0.321 e. The predicted molar refractivity (Wildman–Crippen MR) is 105 cm³/mol. The number of benzene rings is 1. The van der Waals surface area contributed by atoms with Crippen LogP contribution in [0.3, 0.4) is 0 Å². The van der Waals surface area contributed by atoms with E-state index >= 15 is 0 Å². The van der Waals surface area contributed by atoms with Gasteiger partial charge in [-0.2, -0.15) is 9.82 Å². The topological polar surface area (TPSA) is 138 Å². The number of esters is 1. The van der Waals surface area contributed by atoms with Gasteiger partial charge in [-0.15, -0.1) is 0 Å². The number of nitrogens with zero attached hydrogens (tertiary/aromatic N) is 2. The molecule has 1 unspecified atom stereocenters. The van der Waals surface area contributed by atoms with Crippen molar-refractivity contribution in [1.29, 1.82) is 0 Å². The highest BCUT2D eigenvalue weighted by Gasteiger charge is 2.21. The van der Waals surface area contributed by atoms with Gasteiger partial charge < -0.3 is 19.5 Å². The monoisotopic (exact) mass is 440 g/mol. The standard InChI is InChI=1S/C18H24N4O7S/c1-12(18(24)19-8-13-5-6-15(27-3)16(7-13)28-4)29-17(23)10-21-30(25,26)14-9-20-22(2)11-14/h5-7,9,11-12,21H,8,10H2,1-4H3,(H,19,24). The molecule has 0 fully saturated rings. The molecule has 12 heteroatoms. The second-order valence-electron chi connectivity index (χ2n) is 6.21. The van der Waals surface area contributed by atoms with Gasteiger partial charge in [-0.3, -0.25) is 14.3 Å². The van der Waals surface area contributed by atoms with E-state index in [-0.39, 0.29) is 11.4 Å². The van der Waals surface area contributed by atoms with Crippen LogP contribution in [0.4, 0.5) is 0 Å². The lowest BCUT2D eigenvalue weighted by Gasteiger charge is -2.14. The zero-order chi connectivity index (χ0) is 22.3. The van der Waals surface area contributed by atoms with Gasteiger partial charge in [0.2, 0.25) is 10.0 Å². The Morgan fingerprint density at radius 2 is 1.90 bits per heavy atom. The zero-order valence-corrected chi connectivity index (χ0v) is 17.9. The Hall–Kier alpha value is -3.12. The molecule has 11 nitrogen and oxygen atoms in total. The van der Waals surface area contributed by atoms with Crippen LogP contribution in [0.15, 0.2) is 35.5 Å². The van der Waals surface area contributed by atoms with E-state index < -0.39 is 34.5 Å². The Kier molecular flexibility index (Phi) is 7.78. The van der Waals surface area contributed by atoms with E-state index in [4.69, 9.17) is 14.2 Å². The number of methoxy groups -OCH3 is 2. The maximum atomic E-state index is 12.2. The van der Waals surface area contributed by atoms with Gasteiger partial charge in [0.05, 0.1) is 20.4 Å². The number of carbonyl (C=O) groups is 2. The molecule has 0 aliphatic carbocycles. The lowest BCUT2D eigenvalue weighted by molar-refractivity contribution is -0.153. The number of sulfonamides is 1. The molecule has 0 aliphatic heterocycles. The number of nitrogens with one attached hydrogen (secondary N) is 2. The van der Waals surface area contributed by atoms with E-state index in [1.807, 2.05) is 0 Å². The molecule has 30 heavy (non-hydrogen) atoms. The van der Waals surface area contributed by atoms with Gasteiger partial charge in [0.15, 0.2) is 17.6 Å². The van der Waals surface area contributed by atoms with Crippen LogP contribution < -0.4 is 19.5 Å². The van der Waals surface area contributed by atoms with Crippen LogP contribution in [0.25, 0.3) is 0 Å². The first-order chi connectivity index (χ1) is 14.2. The van der Waals surface area contributed by atoms with Crippen LogP contribution in [-0.2, 0) is 37.9 Å². The maximum absolute atomic E-state index is 12.2. The number of rotatable bonds is 10. The van der Waals surface area contributed by atoms with Crippen LogP contribution in [0.5, 0.6) is 11.5 Å². The average Bonchev–Trinajstić information content (AvgIpc) is 3.17. The van der Waals surface area contributed by atoms with E-state index in [0.29, 0.717) is 11.5 Å². The summed E-state index contributed by atoms with van der Waals surface area (Å²) in [6.45, 7) is 0.941. The minimum atomic E-state index is -3.91. The Morgan fingerprint density at radius 3 is 2.50 bits per heavy atom. The highest BCUT2D eigenvalue weighted by atomic mass is 32.2. The third-order valence-corrected chi connectivity index (χ3v) is 5.35. The third kappa shape index (κ3) is 6.19. The molecule has 0 saturated carbocycles. The molecule has 1 aromatic heterocycles. The molecule has 0 radical (unpaired) electrons. The Labute approximate surface area is 174 Å². The minimum Gasteiger partial charge on any atom is -0.493 e. The minimum absolute atomic E-state index is 0.0847. The van der Waals surface area contributed by atoms with Crippen LogP contribution in [0.1, 0.15) is 12.5 Å². The van der Waals surface area contributed by atoms with Crippen molar-refractivity contribution in [3.8, 4) is 11.5 Å². The maximum Gasteiger partial charge on any atom is 0.321 e. The van der Waals surface area contributed by atoms with E-state index in [1.165, 1.54) is 32.0 Å². The van der Waals surface area contributed by atoms with Gasteiger partial charge in [0, 0.05) is 19.8 Å². The second kappa shape index (κ2) is 10.1. The van der Waals surface area contributed by atoms with Crippen molar-refractivity contribution in [3.63, 3.8) is 0 Å². The molecule has 1 amide bonds. The van der Waals surface area contributed by atoms with Crippen molar-refractivity contribution in [2.75, 3.05) is 20.8 Å². The summed E-state index contributed by atoms with van der Waals surface area (Å²) in [4.78, 5) is 24.0. The molecule has 0 aliphatic rings. The van der Waals surface area contributed by atoms with Gasteiger partial charge in [0.1, 0.15) is 11.4 Å². The number of ether oxygens (including phenoxy) is 3. The van der Waals surface area contributed by atoms with Gasteiger partial charge in [-0.25, -0.2) is 8.42 Å². The van der Waals surface area contributed by atoms with Gasteiger partial charge in [-0.05, 0) is 24.6 Å². The quantitative estimate of drug-likeness (QED) is 0.491. The van der Waals surface area contributed by atoms with Crippen molar-refractivity contribution in [3.05, 3.63) is 36.2 Å². The van der Waals surface area contributed by atoms with E-state index in [1.54, 1.807) is 25.2 Å². The number of amides is 1. The van der Waals surface area contributed by atoms with E-state index in [2.05, 4.69) is 15.1 Å². The third-order valence-electron chi connectivity index (χ3n) is 3.99. The van der Waals surface area contributed by atoms with E-state index in [9.17, 15) is 18.0 Å². The average molecular weight is 440 g/mol. The normalized spacial score (nSPS) is 12.1. The summed E-state index contributed by atoms with van der Waals surface area (Å²) >= 11 is 0. The van der Waals surface area contributed by atoms with Crippen LogP contribution in [-0.4, -0.2) is 56.9 Å². The van der Waals surface area contributed by atoms with Crippen molar-refractivity contribution in [2.24, 2.45) is 7.05 Å². The summed E-state index contributed by atoms with van der Waals surface area (Å²) in [7, 11) is 0.683. The fourth-order valence-corrected chi connectivity index (χ4v) is 3.34. The molecule has 0 saturated heterocycles.